The Kier molecular flexibility index (Phi) is 3.05. The van der Waals surface area contributed by atoms with Gasteiger partial charge in [0.2, 0.25) is 0 Å². The summed E-state index contributed by atoms with van der Waals surface area (Å²) < 4.78 is 0. The lowest BCUT2D eigenvalue weighted by Crippen LogP contribution is -2.41. The van der Waals surface area contributed by atoms with Gasteiger partial charge in [0.15, 0.2) is 0 Å². The second-order valence-corrected chi connectivity index (χ2v) is 5.43. The van der Waals surface area contributed by atoms with Crippen molar-refractivity contribution in [2.45, 2.75) is 26.7 Å². The zero-order valence-electron chi connectivity index (χ0n) is 10.4. The molecule has 92 valence electrons. The zero-order chi connectivity index (χ0) is 12.5. The number of piperidine rings is 1. The number of nitrogens with zero attached hydrogens (tertiary/aromatic N) is 2. The summed E-state index contributed by atoms with van der Waals surface area (Å²) in [5, 5.41) is 0. The van der Waals surface area contributed by atoms with Crippen LogP contribution in [0.3, 0.4) is 0 Å². The number of nitrogen functional groups attached to an aromatic ring is 1. The number of rotatable bonds is 1. The summed E-state index contributed by atoms with van der Waals surface area (Å²) >= 11 is 0. The van der Waals surface area contributed by atoms with Crippen molar-refractivity contribution in [3.05, 3.63) is 24.0 Å². The maximum atomic E-state index is 12.2. The van der Waals surface area contributed by atoms with Crippen LogP contribution in [0.5, 0.6) is 0 Å². The minimum atomic E-state index is -0.00667. The van der Waals surface area contributed by atoms with Gasteiger partial charge in [-0.25, -0.2) is 0 Å². The van der Waals surface area contributed by atoms with Crippen molar-refractivity contribution in [1.29, 1.82) is 0 Å². The highest BCUT2D eigenvalue weighted by Crippen LogP contribution is 2.30. The zero-order valence-corrected chi connectivity index (χ0v) is 10.4. The number of likely N-dealkylation sites (tertiary alicyclic amines) is 1. The SMILES string of the molecule is CC1(C)CCN(C(=O)c2cc(N)ccn2)CC1. The number of anilines is 1. The van der Waals surface area contributed by atoms with E-state index in [1.165, 1.54) is 0 Å². The number of amides is 1. The van der Waals surface area contributed by atoms with E-state index in [1.54, 1.807) is 18.3 Å². The quantitative estimate of drug-likeness (QED) is 0.806. The Morgan fingerprint density at radius 1 is 1.41 bits per heavy atom. The predicted molar refractivity (Wildman–Crippen MR) is 67.6 cm³/mol. The van der Waals surface area contributed by atoms with Crippen LogP contribution in [0.1, 0.15) is 37.2 Å². The molecular weight excluding hydrogens is 214 g/mol. The summed E-state index contributed by atoms with van der Waals surface area (Å²) in [7, 11) is 0. The molecule has 0 aliphatic carbocycles. The molecule has 4 heteroatoms. The van der Waals surface area contributed by atoms with E-state index >= 15 is 0 Å². The Balaban J connectivity index is 2.07. The van der Waals surface area contributed by atoms with Gasteiger partial charge in [0.05, 0.1) is 0 Å². The molecule has 0 spiro atoms. The minimum absolute atomic E-state index is 0.00667. The third-order valence-electron chi connectivity index (χ3n) is 3.41. The van der Waals surface area contributed by atoms with Gasteiger partial charge in [-0.2, -0.15) is 0 Å². The van der Waals surface area contributed by atoms with E-state index in [1.807, 2.05) is 4.90 Å². The number of nitrogens with two attached hydrogens (primary N) is 1. The third kappa shape index (κ3) is 2.75. The fourth-order valence-electron chi connectivity index (χ4n) is 2.04. The highest BCUT2D eigenvalue weighted by molar-refractivity contribution is 5.93. The van der Waals surface area contributed by atoms with Crippen molar-refractivity contribution < 1.29 is 4.79 Å². The van der Waals surface area contributed by atoms with E-state index in [9.17, 15) is 4.79 Å². The monoisotopic (exact) mass is 233 g/mol. The van der Waals surface area contributed by atoms with Crippen LogP contribution in [0.4, 0.5) is 5.69 Å². The first-order chi connectivity index (χ1) is 7.98. The average molecular weight is 233 g/mol. The molecule has 17 heavy (non-hydrogen) atoms. The van der Waals surface area contributed by atoms with Crippen LogP contribution in [0.25, 0.3) is 0 Å². The molecule has 0 atom stereocenters. The van der Waals surface area contributed by atoms with Crippen LogP contribution in [0, 0.1) is 5.41 Å². The highest BCUT2D eigenvalue weighted by Gasteiger charge is 2.28. The lowest BCUT2D eigenvalue weighted by Gasteiger charge is -2.36. The largest absolute Gasteiger partial charge is 0.399 e. The van der Waals surface area contributed by atoms with Gasteiger partial charge in [0, 0.05) is 25.0 Å². The Bertz CT molecular complexity index is 418. The number of hydrogen-bond acceptors (Lipinski definition) is 3. The lowest BCUT2D eigenvalue weighted by molar-refractivity contribution is 0.0624. The Labute approximate surface area is 102 Å². The number of carbonyl (C=O) groups excluding carboxylic acids is 1. The molecule has 0 bridgehead atoms. The minimum Gasteiger partial charge on any atom is -0.399 e. The molecule has 0 aromatic carbocycles. The van der Waals surface area contributed by atoms with Gasteiger partial charge in [-0.1, -0.05) is 13.8 Å². The molecule has 2 rings (SSSR count). The number of aromatic nitrogens is 1. The van der Waals surface area contributed by atoms with E-state index in [2.05, 4.69) is 18.8 Å². The molecule has 1 aliphatic heterocycles. The second kappa shape index (κ2) is 4.35. The van der Waals surface area contributed by atoms with Gasteiger partial charge in [-0.3, -0.25) is 9.78 Å². The number of pyridine rings is 1. The molecule has 1 aromatic rings. The standard InChI is InChI=1S/C13H19N3O/c1-13(2)4-7-16(8-5-13)12(17)11-9-10(14)3-6-15-11/h3,6,9H,4-5,7-8H2,1-2H3,(H2,14,15). The normalized spacial score (nSPS) is 19.1. The van der Waals surface area contributed by atoms with E-state index in [0.717, 1.165) is 25.9 Å². The fraction of sp³-hybridized carbons (Fsp3) is 0.538. The van der Waals surface area contributed by atoms with Gasteiger partial charge in [-0.05, 0) is 30.4 Å². The smallest absolute Gasteiger partial charge is 0.272 e. The Morgan fingerprint density at radius 2 is 2.06 bits per heavy atom. The molecule has 2 N–H and O–H groups in total. The van der Waals surface area contributed by atoms with Crippen molar-refractivity contribution >= 4 is 11.6 Å². The number of hydrogen-bond donors (Lipinski definition) is 1. The van der Waals surface area contributed by atoms with E-state index < -0.39 is 0 Å². The fourth-order valence-corrected chi connectivity index (χ4v) is 2.04. The second-order valence-electron chi connectivity index (χ2n) is 5.43. The van der Waals surface area contributed by atoms with E-state index in [-0.39, 0.29) is 5.91 Å². The van der Waals surface area contributed by atoms with Gasteiger partial charge in [0.1, 0.15) is 5.69 Å². The van der Waals surface area contributed by atoms with Gasteiger partial charge >= 0.3 is 0 Å². The van der Waals surface area contributed by atoms with Crippen LogP contribution in [-0.2, 0) is 0 Å². The molecular formula is C13H19N3O. The number of carbonyl (C=O) groups is 1. The maximum absolute atomic E-state index is 12.2. The summed E-state index contributed by atoms with van der Waals surface area (Å²) in [5.41, 5.74) is 7.04. The van der Waals surface area contributed by atoms with Crippen molar-refractivity contribution in [2.75, 3.05) is 18.8 Å². The van der Waals surface area contributed by atoms with Crippen molar-refractivity contribution in [2.24, 2.45) is 5.41 Å². The van der Waals surface area contributed by atoms with Crippen LogP contribution < -0.4 is 5.73 Å². The molecule has 0 unspecified atom stereocenters. The third-order valence-corrected chi connectivity index (χ3v) is 3.41. The molecule has 0 radical (unpaired) electrons. The van der Waals surface area contributed by atoms with Crippen molar-refractivity contribution in [3.8, 4) is 0 Å². The van der Waals surface area contributed by atoms with Gasteiger partial charge < -0.3 is 10.6 Å². The summed E-state index contributed by atoms with van der Waals surface area (Å²) in [6.07, 6.45) is 3.67. The molecule has 1 aromatic heterocycles. The highest BCUT2D eigenvalue weighted by atomic mass is 16.2. The van der Waals surface area contributed by atoms with Crippen LogP contribution in [0.15, 0.2) is 18.3 Å². The maximum Gasteiger partial charge on any atom is 0.272 e. The predicted octanol–water partition coefficient (Wildman–Crippen LogP) is 1.93. The van der Waals surface area contributed by atoms with E-state index in [4.69, 9.17) is 5.73 Å². The molecule has 0 saturated carbocycles. The van der Waals surface area contributed by atoms with Gasteiger partial charge in [0.25, 0.3) is 5.91 Å². The molecule has 1 amide bonds. The summed E-state index contributed by atoms with van der Waals surface area (Å²) in [5.74, 6) is -0.00667. The average Bonchev–Trinajstić information content (AvgIpc) is 2.28. The molecule has 2 heterocycles. The van der Waals surface area contributed by atoms with Crippen LogP contribution in [0.2, 0.25) is 0 Å². The van der Waals surface area contributed by atoms with Gasteiger partial charge in [-0.15, -0.1) is 0 Å². The molecule has 1 fully saturated rings. The summed E-state index contributed by atoms with van der Waals surface area (Å²) in [6.45, 7) is 6.10. The molecule has 1 saturated heterocycles. The topological polar surface area (TPSA) is 59.2 Å². The molecule has 4 nitrogen and oxygen atoms in total. The lowest BCUT2D eigenvalue weighted by atomic mass is 9.82. The summed E-state index contributed by atoms with van der Waals surface area (Å²) in [6, 6.07) is 3.33. The first-order valence-corrected chi connectivity index (χ1v) is 5.99. The summed E-state index contributed by atoms with van der Waals surface area (Å²) in [4.78, 5) is 18.1. The van der Waals surface area contributed by atoms with Crippen LogP contribution >= 0.6 is 0 Å². The Hall–Kier alpha value is -1.58. The van der Waals surface area contributed by atoms with Crippen molar-refractivity contribution in [1.82, 2.24) is 9.88 Å². The van der Waals surface area contributed by atoms with Crippen LogP contribution in [-0.4, -0.2) is 28.9 Å². The van der Waals surface area contributed by atoms with E-state index in [0.29, 0.717) is 16.8 Å². The van der Waals surface area contributed by atoms with Crippen molar-refractivity contribution in [3.63, 3.8) is 0 Å². The molecule has 1 aliphatic rings. The first kappa shape index (κ1) is 11.9. The first-order valence-electron chi connectivity index (χ1n) is 5.99. The Morgan fingerprint density at radius 3 is 2.65 bits per heavy atom.